The van der Waals surface area contributed by atoms with Gasteiger partial charge in [-0.25, -0.2) is 4.79 Å². The summed E-state index contributed by atoms with van der Waals surface area (Å²) in [5.41, 5.74) is -0.115. The van der Waals surface area contributed by atoms with Gasteiger partial charge in [-0.15, -0.1) is 0 Å². The Bertz CT molecular complexity index is 764. The van der Waals surface area contributed by atoms with Crippen LogP contribution in [-0.4, -0.2) is 24.2 Å². The molecule has 0 saturated carbocycles. The van der Waals surface area contributed by atoms with Crippen LogP contribution in [-0.2, 0) is 10.3 Å². The highest BCUT2D eigenvalue weighted by molar-refractivity contribution is 6.45. The first-order chi connectivity index (χ1) is 11.9. The van der Waals surface area contributed by atoms with Gasteiger partial charge in [-0.05, 0) is 24.7 Å². The molecule has 2 aromatic rings. The third kappa shape index (κ3) is 3.58. The summed E-state index contributed by atoms with van der Waals surface area (Å²) in [5.74, 6) is -1.18. The summed E-state index contributed by atoms with van der Waals surface area (Å²) in [7, 11) is 0. The molecule has 1 fully saturated rings. The Labute approximate surface area is 160 Å². The second-order valence-electron chi connectivity index (χ2n) is 5.88. The van der Waals surface area contributed by atoms with Crippen LogP contribution in [0.1, 0.15) is 28.8 Å². The fraction of sp³-hybridized carbons (Fsp3) is 0.278. The first-order valence-corrected chi connectivity index (χ1v) is 8.94. The van der Waals surface area contributed by atoms with E-state index in [-0.39, 0.29) is 20.6 Å². The largest absolute Gasteiger partial charge is 0.505 e. The number of benzene rings is 2. The Hall–Kier alpha value is -1.46. The maximum atomic E-state index is 12.8. The Balaban J connectivity index is 2.00. The Morgan fingerprint density at radius 1 is 1.08 bits per heavy atom. The zero-order chi connectivity index (χ0) is 18.0. The topological polar surface area (TPSA) is 58.6 Å². The summed E-state index contributed by atoms with van der Waals surface area (Å²) in [6.07, 6.45) is 1.21. The number of nitrogens with one attached hydrogen (secondary N) is 1. The van der Waals surface area contributed by atoms with Gasteiger partial charge in [0.25, 0.3) is 0 Å². The van der Waals surface area contributed by atoms with Crippen molar-refractivity contribution in [2.45, 2.75) is 18.4 Å². The van der Waals surface area contributed by atoms with Gasteiger partial charge >= 0.3 is 5.97 Å². The number of halogens is 3. The second kappa shape index (κ2) is 7.42. The van der Waals surface area contributed by atoms with Gasteiger partial charge in [-0.2, -0.15) is 0 Å². The first-order valence-electron chi connectivity index (χ1n) is 7.81. The average molecular weight is 401 g/mol. The van der Waals surface area contributed by atoms with Gasteiger partial charge in [0.2, 0.25) is 0 Å². The number of aromatic hydroxyl groups is 1. The number of carbonyl (C=O) groups is 1. The van der Waals surface area contributed by atoms with Crippen LogP contribution in [0.25, 0.3) is 0 Å². The van der Waals surface area contributed by atoms with Gasteiger partial charge in [0, 0.05) is 12.8 Å². The van der Waals surface area contributed by atoms with Crippen molar-refractivity contribution in [1.82, 2.24) is 5.32 Å². The number of hydrogen-bond donors (Lipinski definition) is 2. The van der Waals surface area contributed by atoms with Gasteiger partial charge < -0.3 is 15.2 Å². The lowest BCUT2D eigenvalue weighted by Gasteiger charge is -2.37. The lowest BCUT2D eigenvalue weighted by molar-refractivity contribution is -0.0380. The highest BCUT2D eigenvalue weighted by Crippen LogP contribution is 2.41. The number of phenols is 1. The Morgan fingerprint density at radius 2 is 1.72 bits per heavy atom. The van der Waals surface area contributed by atoms with Crippen molar-refractivity contribution >= 4 is 40.8 Å². The summed E-state index contributed by atoms with van der Waals surface area (Å²) in [6, 6.07) is 10.8. The van der Waals surface area contributed by atoms with Crippen molar-refractivity contribution in [3.8, 4) is 5.75 Å². The molecule has 0 radical (unpaired) electrons. The number of esters is 1. The summed E-state index contributed by atoms with van der Waals surface area (Å²) in [6.45, 7) is 1.41. The van der Waals surface area contributed by atoms with E-state index in [2.05, 4.69) is 5.32 Å². The number of rotatable bonds is 3. The lowest BCUT2D eigenvalue weighted by atomic mass is 9.84. The van der Waals surface area contributed by atoms with E-state index in [1.165, 1.54) is 6.07 Å². The molecule has 0 atom stereocenters. The number of phenolic OH excluding ortho intramolecular Hbond substituents is 1. The van der Waals surface area contributed by atoms with Crippen LogP contribution in [0.3, 0.4) is 0 Å². The van der Waals surface area contributed by atoms with Crippen molar-refractivity contribution < 1.29 is 14.6 Å². The van der Waals surface area contributed by atoms with E-state index < -0.39 is 17.3 Å². The van der Waals surface area contributed by atoms with Crippen LogP contribution in [0.4, 0.5) is 0 Å². The molecule has 0 spiro atoms. The fourth-order valence-corrected chi connectivity index (χ4v) is 3.71. The van der Waals surface area contributed by atoms with Crippen molar-refractivity contribution in [3.05, 3.63) is 62.6 Å². The molecule has 1 aliphatic rings. The number of piperidine rings is 1. The van der Waals surface area contributed by atoms with Gasteiger partial charge in [-0.1, -0.05) is 65.1 Å². The van der Waals surface area contributed by atoms with E-state index in [0.29, 0.717) is 25.9 Å². The van der Waals surface area contributed by atoms with Crippen molar-refractivity contribution in [2.24, 2.45) is 0 Å². The maximum Gasteiger partial charge on any atom is 0.344 e. The van der Waals surface area contributed by atoms with Crippen LogP contribution in [0.15, 0.2) is 36.4 Å². The van der Waals surface area contributed by atoms with E-state index in [0.717, 1.165) is 5.56 Å². The lowest BCUT2D eigenvalue weighted by Crippen LogP contribution is -2.43. The summed E-state index contributed by atoms with van der Waals surface area (Å²) in [5, 5.41) is 13.4. The number of carbonyl (C=O) groups excluding carboxylic acids is 1. The molecule has 0 aromatic heterocycles. The maximum absolute atomic E-state index is 12.8. The van der Waals surface area contributed by atoms with E-state index in [1.54, 1.807) is 0 Å². The molecular weight excluding hydrogens is 385 g/mol. The third-order valence-corrected chi connectivity index (χ3v) is 5.42. The van der Waals surface area contributed by atoms with E-state index in [4.69, 9.17) is 39.5 Å². The van der Waals surface area contributed by atoms with Gasteiger partial charge in [0.15, 0.2) is 0 Å². The molecule has 0 amide bonds. The molecule has 0 unspecified atom stereocenters. The molecule has 25 heavy (non-hydrogen) atoms. The third-order valence-electron chi connectivity index (χ3n) is 4.35. The molecule has 1 saturated heterocycles. The standard InChI is InChI=1S/C18H16Cl3NO3/c19-12-10-13(20)16(23)14(15(12)21)17(24)25-18(6-8-22-9-7-18)11-4-2-1-3-5-11/h1-5,10,22-23H,6-9H2. The minimum atomic E-state index is -0.797. The van der Waals surface area contributed by atoms with Gasteiger partial charge in [-0.3, -0.25) is 0 Å². The number of hydrogen-bond acceptors (Lipinski definition) is 4. The molecular formula is C18H16Cl3NO3. The first kappa shape index (κ1) is 18.3. The van der Waals surface area contributed by atoms with E-state index in [1.807, 2.05) is 30.3 Å². The monoisotopic (exact) mass is 399 g/mol. The predicted molar refractivity (Wildman–Crippen MR) is 98.8 cm³/mol. The summed E-state index contributed by atoms with van der Waals surface area (Å²) in [4.78, 5) is 12.8. The zero-order valence-electron chi connectivity index (χ0n) is 13.2. The van der Waals surface area contributed by atoms with Crippen LogP contribution in [0.5, 0.6) is 5.75 Å². The Kier molecular flexibility index (Phi) is 5.44. The van der Waals surface area contributed by atoms with Crippen LogP contribution in [0.2, 0.25) is 15.1 Å². The highest BCUT2D eigenvalue weighted by Gasteiger charge is 2.39. The van der Waals surface area contributed by atoms with Crippen molar-refractivity contribution in [3.63, 3.8) is 0 Å². The van der Waals surface area contributed by atoms with Crippen LogP contribution in [0, 0.1) is 0 Å². The molecule has 4 nitrogen and oxygen atoms in total. The van der Waals surface area contributed by atoms with Gasteiger partial charge in [0.05, 0.1) is 15.1 Å². The van der Waals surface area contributed by atoms with E-state index >= 15 is 0 Å². The summed E-state index contributed by atoms with van der Waals surface area (Å²) >= 11 is 18.0. The molecule has 3 rings (SSSR count). The predicted octanol–water partition coefficient (Wildman–Crippen LogP) is 4.79. The molecule has 0 aliphatic carbocycles. The van der Waals surface area contributed by atoms with E-state index in [9.17, 15) is 9.90 Å². The molecule has 1 aliphatic heterocycles. The molecule has 1 heterocycles. The smallest absolute Gasteiger partial charge is 0.344 e. The highest BCUT2D eigenvalue weighted by atomic mass is 35.5. The molecule has 2 N–H and O–H groups in total. The molecule has 7 heteroatoms. The van der Waals surface area contributed by atoms with Crippen molar-refractivity contribution in [1.29, 1.82) is 0 Å². The van der Waals surface area contributed by atoms with Crippen LogP contribution >= 0.6 is 34.8 Å². The quantitative estimate of drug-likeness (QED) is 0.574. The fourth-order valence-electron chi connectivity index (χ4n) is 3.02. The SMILES string of the molecule is O=C(OC1(c2ccccc2)CCNCC1)c1c(O)c(Cl)cc(Cl)c1Cl. The zero-order valence-corrected chi connectivity index (χ0v) is 15.5. The summed E-state index contributed by atoms with van der Waals surface area (Å²) < 4.78 is 5.88. The van der Waals surface area contributed by atoms with Gasteiger partial charge in [0.1, 0.15) is 16.9 Å². The number of ether oxygens (including phenoxy) is 1. The van der Waals surface area contributed by atoms with Crippen molar-refractivity contribution in [2.75, 3.05) is 13.1 Å². The van der Waals surface area contributed by atoms with Crippen LogP contribution < -0.4 is 5.32 Å². The minimum Gasteiger partial charge on any atom is -0.505 e. The Morgan fingerprint density at radius 3 is 2.36 bits per heavy atom. The minimum absolute atomic E-state index is 0.0552. The average Bonchev–Trinajstić information content (AvgIpc) is 2.62. The molecule has 132 valence electrons. The second-order valence-corrected chi connectivity index (χ2v) is 7.07. The molecule has 2 aromatic carbocycles. The molecule has 0 bridgehead atoms. The normalized spacial score (nSPS) is 16.4.